The van der Waals surface area contributed by atoms with Gasteiger partial charge in [0.2, 0.25) is 0 Å². The van der Waals surface area contributed by atoms with Gasteiger partial charge >= 0.3 is 0 Å². The molecule has 1 nitrogen and oxygen atoms in total. The fourth-order valence-corrected chi connectivity index (χ4v) is 1.00. The van der Waals surface area contributed by atoms with E-state index in [2.05, 4.69) is 6.92 Å². The molecule has 1 heterocycles. The Morgan fingerprint density at radius 1 is 1.36 bits per heavy atom. The van der Waals surface area contributed by atoms with Crippen molar-refractivity contribution in [3.63, 3.8) is 0 Å². The predicted octanol–water partition coefficient (Wildman–Crippen LogP) is 2.81. The van der Waals surface area contributed by atoms with Crippen LogP contribution in [-0.4, -0.2) is 6.61 Å². The molecule has 1 aliphatic heterocycles. The lowest BCUT2D eigenvalue weighted by Crippen LogP contribution is -1.79. The van der Waals surface area contributed by atoms with E-state index in [0.717, 1.165) is 18.8 Å². The van der Waals surface area contributed by atoms with E-state index >= 15 is 0 Å². The van der Waals surface area contributed by atoms with Crippen LogP contribution in [0.2, 0.25) is 0 Å². The molecule has 0 radical (unpaired) electrons. The molecule has 1 aliphatic rings. The van der Waals surface area contributed by atoms with E-state index in [1.165, 1.54) is 5.57 Å². The molecule has 0 fully saturated rings. The summed E-state index contributed by atoms with van der Waals surface area (Å²) in [5.41, 5.74) is 1.35. The molecule has 0 aliphatic carbocycles. The first kappa shape index (κ1) is 8.12. The van der Waals surface area contributed by atoms with Crippen LogP contribution in [-0.2, 0) is 4.74 Å². The summed E-state index contributed by atoms with van der Waals surface area (Å²) < 4.78 is 5.37. The van der Waals surface area contributed by atoms with Crippen LogP contribution in [0.25, 0.3) is 0 Å². The van der Waals surface area contributed by atoms with Gasteiger partial charge in [0.15, 0.2) is 0 Å². The fraction of sp³-hybridized carbons (Fsp3) is 0.400. The Bertz CT molecular complexity index is 209. The van der Waals surface area contributed by atoms with Crippen LogP contribution in [0.15, 0.2) is 35.6 Å². The minimum absolute atomic E-state index is 0.849. The SMILES string of the molecule is C/C=C/C=C\C1=C(C)CCO1. The number of hydrogen-bond acceptors (Lipinski definition) is 1. The summed E-state index contributed by atoms with van der Waals surface area (Å²) in [4.78, 5) is 0. The zero-order chi connectivity index (χ0) is 8.10. The zero-order valence-corrected chi connectivity index (χ0v) is 7.13. The molecule has 0 spiro atoms. The van der Waals surface area contributed by atoms with Crippen molar-refractivity contribution in [2.45, 2.75) is 20.3 Å². The van der Waals surface area contributed by atoms with Crippen LogP contribution in [0.3, 0.4) is 0 Å². The van der Waals surface area contributed by atoms with Crippen molar-refractivity contribution in [3.8, 4) is 0 Å². The summed E-state index contributed by atoms with van der Waals surface area (Å²) in [6, 6.07) is 0. The van der Waals surface area contributed by atoms with Crippen LogP contribution in [0.5, 0.6) is 0 Å². The van der Waals surface area contributed by atoms with Gasteiger partial charge in [0.05, 0.1) is 6.61 Å². The number of allylic oxidation sites excluding steroid dienone is 4. The first-order chi connectivity index (χ1) is 5.34. The lowest BCUT2D eigenvalue weighted by atomic mass is 10.2. The highest BCUT2D eigenvalue weighted by atomic mass is 16.5. The van der Waals surface area contributed by atoms with Crippen LogP contribution in [0, 0.1) is 0 Å². The minimum atomic E-state index is 0.849. The first-order valence-electron chi connectivity index (χ1n) is 3.96. The van der Waals surface area contributed by atoms with Crippen LogP contribution >= 0.6 is 0 Å². The average molecular weight is 150 g/mol. The number of rotatable bonds is 2. The Kier molecular flexibility index (Phi) is 2.96. The predicted molar refractivity (Wildman–Crippen MR) is 47.2 cm³/mol. The molecule has 0 saturated heterocycles. The number of ether oxygens (including phenoxy) is 1. The molecule has 0 aromatic carbocycles. The van der Waals surface area contributed by atoms with Crippen molar-refractivity contribution in [2.24, 2.45) is 0 Å². The van der Waals surface area contributed by atoms with Gasteiger partial charge in [-0.25, -0.2) is 0 Å². The molecular weight excluding hydrogens is 136 g/mol. The van der Waals surface area contributed by atoms with Gasteiger partial charge in [-0.15, -0.1) is 0 Å². The maximum Gasteiger partial charge on any atom is 0.118 e. The van der Waals surface area contributed by atoms with Gasteiger partial charge in [-0.05, 0) is 25.5 Å². The largest absolute Gasteiger partial charge is 0.493 e. The lowest BCUT2D eigenvalue weighted by Gasteiger charge is -1.94. The zero-order valence-electron chi connectivity index (χ0n) is 7.13. The lowest BCUT2D eigenvalue weighted by molar-refractivity contribution is 0.257. The number of hydrogen-bond donors (Lipinski definition) is 0. The van der Waals surface area contributed by atoms with Gasteiger partial charge in [-0.1, -0.05) is 18.2 Å². The molecule has 0 aromatic heterocycles. The topological polar surface area (TPSA) is 9.23 Å². The van der Waals surface area contributed by atoms with E-state index in [4.69, 9.17) is 4.74 Å². The van der Waals surface area contributed by atoms with Gasteiger partial charge in [0.25, 0.3) is 0 Å². The van der Waals surface area contributed by atoms with E-state index < -0.39 is 0 Å². The summed E-state index contributed by atoms with van der Waals surface area (Å²) in [6.45, 7) is 4.96. The van der Waals surface area contributed by atoms with Crippen LogP contribution in [0.4, 0.5) is 0 Å². The third-order valence-electron chi connectivity index (χ3n) is 1.71. The van der Waals surface area contributed by atoms with E-state index in [-0.39, 0.29) is 0 Å². The van der Waals surface area contributed by atoms with Crippen LogP contribution in [0.1, 0.15) is 20.3 Å². The summed E-state index contributed by atoms with van der Waals surface area (Å²) in [5, 5.41) is 0. The fourth-order valence-electron chi connectivity index (χ4n) is 1.00. The molecule has 0 N–H and O–H groups in total. The summed E-state index contributed by atoms with van der Waals surface area (Å²) >= 11 is 0. The summed E-state index contributed by atoms with van der Waals surface area (Å²) in [6.07, 6.45) is 9.10. The van der Waals surface area contributed by atoms with Crippen molar-refractivity contribution in [1.82, 2.24) is 0 Å². The molecule has 0 amide bonds. The summed E-state index contributed by atoms with van der Waals surface area (Å²) in [7, 11) is 0. The second-order valence-corrected chi connectivity index (χ2v) is 2.63. The van der Waals surface area contributed by atoms with Crippen molar-refractivity contribution in [3.05, 3.63) is 35.6 Å². The quantitative estimate of drug-likeness (QED) is 0.550. The standard InChI is InChI=1S/C10H14O/c1-3-4-5-6-10-9(2)7-8-11-10/h3-6H,7-8H2,1-2H3/b4-3+,6-5-. The molecule has 0 atom stereocenters. The van der Waals surface area contributed by atoms with Gasteiger partial charge in [0.1, 0.15) is 5.76 Å². The highest BCUT2D eigenvalue weighted by Gasteiger charge is 2.07. The smallest absolute Gasteiger partial charge is 0.118 e. The van der Waals surface area contributed by atoms with Gasteiger partial charge in [0, 0.05) is 6.42 Å². The van der Waals surface area contributed by atoms with Crippen molar-refractivity contribution in [1.29, 1.82) is 0 Å². The van der Waals surface area contributed by atoms with Crippen molar-refractivity contribution in [2.75, 3.05) is 6.61 Å². The Balaban J connectivity index is 2.54. The first-order valence-corrected chi connectivity index (χ1v) is 3.96. The average Bonchev–Trinajstić information content (AvgIpc) is 2.37. The molecule has 0 saturated carbocycles. The van der Waals surface area contributed by atoms with Crippen molar-refractivity contribution < 1.29 is 4.74 Å². The molecule has 0 bridgehead atoms. The van der Waals surface area contributed by atoms with Gasteiger partial charge in [-0.3, -0.25) is 0 Å². The maximum absolute atomic E-state index is 5.37. The molecule has 11 heavy (non-hydrogen) atoms. The van der Waals surface area contributed by atoms with E-state index in [9.17, 15) is 0 Å². The summed E-state index contributed by atoms with van der Waals surface area (Å²) in [5.74, 6) is 1.04. The minimum Gasteiger partial charge on any atom is -0.493 e. The second kappa shape index (κ2) is 4.02. The maximum atomic E-state index is 5.37. The molecular formula is C10H14O. The Labute approximate surface area is 68.1 Å². The third-order valence-corrected chi connectivity index (χ3v) is 1.71. The third kappa shape index (κ3) is 2.26. The molecule has 1 rings (SSSR count). The van der Waals surface area contributed by atoms with Crippen LogP contribution < -0.4 is 0 Å². The Morgan fingerprint density at radius 2 is 2.18 bits per heavy atom. The van der Waals surface area contributed by atoms with Gasteiger partial charge < -0.3 is 4.74 Å². The Morgan fingerprint density at radius 3 is 2.73 bits per heavy atom. The normalized spacial score (nSPS) is 18.7. The molecule has 60 valence electrons. The Hall–Kier alpha value is -0.980. The van der Waals surface area contributed by atoms with E-state index in [1.807, 2.05) is 31.2 Å². The monoisotopic (exact) mass is 150 g/mol. The molecule has 0 aromatic rings. The van der Waals surface area contributed by atoms with Crippen molar-refractivity contribution >= 4 is 0 Å². The highest BCUT2D eigenvalue weighted by molar-refractivity contribution is 5.24. The highest BCUT2D eigenvalue weighted by Crippen LogP contribution is 2.18. The molecule has 0 unspecified atom stereocenters. The van der Waals surface area contributed by atoms with Gasteiger partial charge in [-0.2, -0.15) is 0 Å². The second-order valence-electron chi connectivity index (χ2n) is 2.63. The van der Waals surface area contributed by atoms with E-state index in [0.29, 0.717) is 0 Å². The van der Waals surface area contributed by atoms with E-state index in [1.54, 1.807) is 0 Å². The molecule has 1 heteroatoms.